The monoisotopic (exact) mass is 257 g/mol. The summed E-state index contributed by atoms with van der Waals surface area (Å²) >= 11 is 0. The quantitative estimate of drug-likeness (QED) is 0.795. The van der Waals surface area contributed by atoms with E-state index in [4.69, 9.17) is 10.5 Å². The number of nitrogens with zero attached hydrogens (tertiary/aromatic N) is 1. The lowest BCUT2D eigenvalue weighted by atomic mass is 10.2. The predicted octanol–water partition coefficient (Wildman–Crippen LogP) is 1.47. The Morgan fingerprint density at radius 2 is 2.05 bits per heavy atom. The van der Waals surface area contributed by atoms with Gasteiger partial charge in [-0.1, -0.05) is 18.2 Å². The van der Waals surface area contributed by atoms with Crippen LogP contribution in [0.4, 0.5) is 5.69 Å². The second-order valence-electron chi connectivity index (χ2n) is 3.88. The maximum Gasteiger partial charge on any atom is 0.255 e. The van der Waals surface area contributed by atoms with Gasteiger partial charge >= 0.3 is 0 Å². The molecule has 0 fully saturated rings. The Morgan fingerprint density at radius 1 is 1.26 bits per heavy atom. The number of carbonyl (C=O) groups is 1. The van der Waals surface area contributed by atoms with Gasteiger partial charge in [0.15, 0.2) is 0 Å². The van der Waals surface area contributed by atoms with Gasteiger partial charge in [-0.3, -0.25) is 9.78 Å². The van der Waals surface area contributed by atoms with Crippen molar-refractivity contribution in [3.05, 3.63) is 54.4 Å². The van der Waals surface area contributed by atoms with Crippen LogP contribution in [0, 0.1) is 0 Å². The summed E-state index contributed by atoms with van der Waals surface area (Å²) in [6, 6.07) is 11.0. The molecular formula is C14H15N3O2. The third kappa shape index (κ3) is 3.70. The summed E-state index contributed by atoms with van der Waals surface area (Å²) in [5.74, 6) is 0.528. The lowest BCUT2D eigenvalue weighted by Gasteiger charge is -2.08. The minimum atomic E-state index is -0.248. The highest BCUT2D eigenvalue weighted by molar-refractivity contribution is 5.98. The lowest BCUT2D eigenvalue weighted by molar-refractivity contribution is 0.0947. The molecule has 2 aromatic rings. The second kappa shape index (κ2) is 6.39. The molecule has 0 saturated carbocycles. The number of nitrogens with two attached hydrogens (primary N) is 1. The summed E-state index contributed by atoms with van der Waals surface area (Å²) in [6.07, 6.45) is 2.99. The lowest BCUT2D eigenvalue weighted by Crippen LogP contribution is -2.28. The molecule has 1 heterocycles. The molecule has 5 nitrogen and oxygen atoms in total. The van der Waals surface area contributed by atoms with E-state index in [9.17, 15) is 4.79 Å². The number of hydrogen-bond acceptors (Lipinski definition) is 4. The first-order valence-corrected chi connectivity index (χ1v) is 5.93. The van der Waals surface area contributed by atoms with Crippen LogP contribution in [-0.4, -0.2) is 24.0 Å². The van der Waals surface area contributed by atoms with Crippen LogP contribution in [0.25, 0.3) is 0 Å². The third-order valence-corrected chi connectivity index (χ3v) is 2.50. The van der Waals surface area contributed by atoms with Crippen molar-refractivity contribution < 1.29 is 9.53 Å². The van der Waals surface area contributed by atoms with Crippen LogP contribution < -0.4 is 15.8 Å². The van der Waals surface area contributed by atoms with E-state index >= 15 is 0 Å². The molecule has 0 unspecified atom stereocenters. The molecule has 1 aromatic heterocycles. The van der Waals surface area contributed by atoms with Gasteiger partial charge in [-0.25, -0.2) is 0 Å². The molecule has 98 valence electrons. The van der Waals surface area contributed by atoms with E-state index < -0.39 is 0 Å². The van der Waals surface area contributed by atoms with E-state index in [1.165, 1.54) is 6.20 Å². The Hall–Kier alpha value is -2.56. The standard InChI is InChI=1S/C14H15N3O2/c15-13-6-7-16-10-12(13)14(18)17-8-9-19-11-4-2-1-3-5-11/h1-7,10H,8-9H2,(H2,15,16)(H,17,18). The van der Waals surface area contributed by atoms with Gasteiger partial charge in [-0.2, -0.15) is 0 Å². The number of aromatic nitrogens is 1. The normalized spacial score (nSPS) is 9.89. The van der Waals surface area contributed by atoms with Crippen LogP contribution in [0.1, 0.15) is 10.4 Å². The number of nitrogen functional groups attached to an aromatic ring is 1. The number of nitrogens with one attached hydrogen (secondary N) is 1. The van der Waals surface area contributed by atoms with Crippen molar-refractivity contribution in [1.29, 1.82) is 0 Å². The van der Waals surface area contributed by atoms with Gasteiger partial charge in [0.25, 0.3) is 5.91 Å². The number of anilines is 1. The first kappa shape index (κ1) is 12.9. The SMILES string of the molecule is Nc1ccncc1C(=O)NCCOc1ccccc1. The number of para-hydroxylation sites is 1. The summed E-state index contributed by atoms with van der Waals surface area (Å²) in [4.78, 5) is 15.7. The Bertz CT molecular complexity index is 543. The Labute approximate surface area is 111 Å². The van der Waals surface area contributed by atoms with Gasteiger partial charge < -0.3 is 15.8 Å². The maximum atomic E-state index is 11.8. The fourth-order valence-corrected chi connectivity index (χ4v) is 1.54. The van der Waals surface area contributed by atoms with Crippen molar-refractivity contribution in [3.63, 3.8) is 0 Å². The first-order chi connectivity index (χ1) is 9.27. The van der Waals surface area contributed by atoms with Crippen molar-refractivity contribution in [2.24, 2.45) is 0 Å². The molecule has 0 aliphatic rings. The number of rotatable bonds is 5. The molecule has 0 atom stereocenters. The number of carbonyl (C=O) groups excluding carboxylic acids is 1. The van der Waals surface area contributed by atoms with Crippen LogP contribution in [0.3, 0.4) is 0 Å². The summed E-state index contributed by atoms with van der Waals surface area (Å²) in [6.45, 7) is 0.804. The van der Waals surface area contributed by atoms with Crippen molar-refractivity contribution in [1.82, 2.24) is 10.3 Å². The maximum absolute atomic E-state index is 11.8. The fourth-order valence-electron chi connectivity index (χ4n) is 1.54. The summed E-state index contributed by atoms with van der Waals surface area (Å²) in [5.41, 5.74) is 6.48. The van der Waals surface area contributed by atoms with Gasteiger partial charge in [0.1, 0.15) is 12.4 Å². The molecule has 19 heavy (non-hydrogen) atoms. The highest BCUT2D eigenvalue weighted by Crippen LogP contribution is 2.09. The zero-order valence-corrected chi connectivity index (χ0v) is 10.4. The molecule has 2 rings (SSSR count). The minimum Gasteiger partial charge on any atom is -0.492 e. The summed E-state index contributed by atoms with van der Waals surface area (Å²) in [5, 5.41) is 2.73. The van der Waals surface area contributed by atoms with E-state index in [0.717, 1.165) is 5.75 Å². The Kier molecular flexibility index (Phi) is 4.34. The van der Waals surface area contributed by atoms with Gasteiger partial charge in [0.05, 0.1) is 12.1 Å². The molecule has 0 bridgehead atoms. The summed E-state index contributed by atoms with van der Waals surface area (Å²) in [7, 11) is 0. The van der Waals surface area contributed by atoms with Crippen molar-refractivity contribution in [2.45, 2.75) is 0 Å². The molecule has 1 aromatic carbocycles. The van der Waals surface area contributed by atoms with Gasteiger partial charge in [0, 0.05) is 18.1 Å². The first-order valence-electron chi connectivity index (χ1n) is 5.93. The number of benzene rings is 1. The van der Waals surface area contributed by atoms with Crippen LogP contribution in [0.2, 0.25) is 0 Å². The molecule has 5 heteroatoms. The molecular weight excluding hydrogens is 242 g/mol. The highest BCUT2D eigenvalue weighted by atomic mass is 16.5. The number of ether oxygens (including phenoxy) is 1. The Morgan fingerprint density at radius 3 is 2.79 bits per heavy atom. The molecule has 0 spiro atoms. The minimum absolute atomic E-state index is 0.248. The third-order valence-electron chi connectivity index (χ3n) is 2.50. The number of hydrogen-bond donors (Lipinski definition) is 2. The van der Waals surface area contributed by atoms with Gasteiger partial charge in [-0.15, -0.1) is 0 Å². The van der Waals surface area contributed by atoms with Crippen LogP contribution in [0.15, 0.2) is 48.8 Å². The average Bonchev–Trinajstić information content (AvgIpc) is 2.45. The van der Waals surface area contributed by atoms with Gasteiger partial charge in [-0.05, 0) is 18.2 Å². The highest BCUT2D eigenvalue weighted by Gasteiger charge is 2.08. The smallest absolute Gasteiger partial charge is 0.255 e. The molecule has 0 radical (unpaired) electrons. The molecule has 0 saturated heterocycles. The number of amides is 1. The largest absolute Gasteiger partial charge is 0.492 e. The van der Waals surface area contributed by atoms with Gasteiger partial charge in [0.2, 0.25) is 0 Å². The van der Waals surface area contributed by atoms with Crippen molar-refractivity contribution in [2.75, 3.05) is 18.9 Å². The number of pyridine rings is 1. The van der Waals surface area contributed by atoms with E-state index in [0.29, 0.717) is 24.4 Å². The second-order valence-corrected chi connectivity index (χ2v) is 3.88. The molecule has 3 N–H and O–H groups in total. The van der Waals surface area contributed by atoms with E-state index in [1.807, 2.05) is 30.3 Å². The van der Waals surface area contributed by atoms with Crippen LogP contribution in [-0.2, 0) is 0 Å². The summed E-state index contributed by atoms with van der Waals surface area (Å²) < 4.78 is 5.46. The Balaban J connectivity index is 1.77. The van der Waals surface area contributed by atoms with E-state index in [1.54, 1.807) is 12.3 Å². The predicted molar refractivity (Wildman–Crippen MR) is 72.9 cm³/mol. The zero-order valence-electron chi connectivity index (χ0n) is 10.4. The fraction of sp³-hybridized carbons (Fsp3) is 0.143. The zero-order chi connectivity index (χ0) is 13.5. The van der Waals surface area contributed by atoms with Crippen molar-refractivity contribution >= 4 is 11.6 Å². The molecule has 1 amide bonds. The van der Waals surface area contributed by atoms with Crippen LogP contribution >= 0.6 is 0 Å². The van der Waals surface area contributed by atoms with Crippen molar-refractivity contribution in [3.8, 4) is 5.75 Å². The van der Waals surface area contributed by atoms with Crippen LogP contribution in [0.5, 0.6) is 5.75 Å². The average molecular weight is 257 g/mol. The topological polar surface area (TPSA) is 77.2 Å². The molecule has 0 aliphatic carbocycles. The molecule has 0 aliphatic heterocycles. The van der Waals surface area contributed by atoms with E-state index in [-0.39, 0.29) is 5.91 Å². The van der Waals surface area contributed by atoms with E-state index in [2.05, 4.69) is 10.3 Å².